The van der Waals surface area contributed by atoms with Crippen molar-refractivity contribution in [2.75, 3.05) is 0 Å². The Morgan fingerprint density at radius 3 is 2.83 bits per heavy atom. The van der Waals surface area contributed by atoms with E-state index in [1.807, 2.05) is 12.3 Å². The zero-order chi connectivity index (χ0) is 13.1. The summed E-state index contributed by atoms with van der Waals surface area (Å²) in [6, 6.07) is 5.06. The summed E-state index contributed by atoms with van der Waals surface area (Å²) >= 11 is 13.3. The smallest absolute Gasteiger partial charge is 0.140 e. The molecule has 0 radical (unpaired) electrons. The maximum absolute atomic E-state index is 6.00. The van der Waals surface area contributed by atoms with Gasteiger partial charge in [0.2, 0.25) is 0 Å². The predicted octanol–water partition coefficient (Wildman–Crippen LogP) is 4.05. The third-order valence-corrected chi connectivity index (χ3v) is 3.65. The lowest BCUT2D eigenvalue weighted by Gasteiger charge is -2.06. The molecule has 6 heteroatoms. The maximum Gasteiger partial charge on any atom is 0.140 e. The molecule has 2 N–H and O–H groups in total. The van der Waals surface area contributed by atoms with Crippen LogP contribution in [0, 0.1) is 0 Å². The number of hydrogen-bond donors (Lipinski definition) is 1. The van der Waals surface area contributed by atoms with Crippen LogP contribution < -0.4 is 10.5 Å². The minimum absolute atomic E-state index is 0.0610. The monoisotopic (exact) mass is 302 g/mol. The highest BCUT2D eigenvalue weighted by molar-refractivity contribution is 7.09. The highest BCUT2D eigenvalue weighted by Gasteiger charge is 2.08. The van der Waals surface area contributed by atoms with Gasteiger partial charge in [-0.25, -0.2) is 4.98 Å². The second kappa shape index (κ2) is 5.89. The summed E-state index contributed by atoms with van der Waals surface area (Å²) in [7, 11) is 0. The number of nitrogens with two attached hydrogens (primary N) is 1. The van der Waals surface area contributed by atoms with Crippen molar-refractivity contribution in [2.45, 2.75) is 19.6 Å². The summed E-state index contributed by atoms with van der Waals surface area (Å²) in [6.45, 7) is 2.27. The van der Waals surface area contributed by atoms with Crippen LogP contribution in [0.3, 0.4) is 0 Å². The van der Waals surface area contributed by atoms with Gasteiger partial charge in [0.15, 0.2) is 0 Å². The highest BCUT2D eigenvalue weighted by Crippen LogP contribution is 2.28. The van der Waals surface area contributed by atoms with Crippen molar-refractivity contribution >= 4 is 34.5 Å². The van der Waals surface area contributed by atoms with E-state index in [1.165, 1.54) is 11.3 Å². The Morgan fingerprint density at radius 1 is 1.44 bits per heavy atom. The molecule has 0 fully saturated rings. The fourth-order valence-corrected chi connectivity index (χ4v) is 2.60. The van der Waals surface area contributed by atoms with Crippen molar-refractivity contribution < 1.29 is 4.74 Å². The zero-order valence-corrected chi connectivity index (χ0v) is 12.0. The van der Waals surface area contributed by atoms with Crippen molar-refractivity contribution in [3.8, 4) is 5.75 Å². The van der Waals surface area contributed by atoms with Crippen LogP contribution in [0.1, 0.15) is 23.7 Å². The lowest BCUT2D eigenvalue weighted by molar-refractivity contribution is 0.305. The van der Waals surface area contributed by atoms with E-state index in [-0.39, 0.29) is 6.04 Å². The molecule has 96 valence electrons. The minimum atomic E-state index is -0.0610. The normalized spacial score (nSPS) is 12.4. The Hall–Kier alpha value is -0.810. The number of ether oxygens (including phenoxy) is 1. The molecule has 2 aromatic rings. The van der Waals surface area contributed by atoms with Crippen LogP contribution in [0.25, 0.3) is 0 Å². The van der Waals surface area contributed by atoms with Gasteiger partial charge in [0, 0.05) is 16.4 Å². The molecular formula is C12H12Cl2N2OS. The Bertz CT molecular complexity index is 543. The fraction of sp³-hybridized carbons (Fsp3) is 0.250. The first-order chi connectivity index (χ1) is 8.56. The van der Waals surface area contributed by atoms with Gasteiger partial charge in [0.05, 0.1) is 10.7 Å². The van der Waals surface area contributed by atoms with Gasteiger partial charge >= 0.3 is 0 Å². The molecule has 0 aliphatic heterocycles. The lowest BCUT2D eigenvalue weighted by Crippen LogP contribution is -2.05. The molecule has 1 unspecified atom stereocenters. The lowest BCUT2D eigenvalue weighted by atomic mass is 10.3. The van der Waals surface area contributed by atoms with Crippen LogP contribution in [0.2, 0.25) is 10.0 Å². The number of benzene rings is 1. The van der Waals surface area contributed by atoms with Gasteiger partial charge in [0.25, 0.3) is 0 Å². The van der Waals surface area contributed by atoms with Crippen LogP contribution in [0.5, 0.6) is 5.75 Å². The van der Waals surface area contributed by atoms with Gasteiger partial charge in [-0.2, -0.15) is 0 Å². The largest absolute Gasteiger partial charge is 0.485 e. The fourth-order valence-electron chi connectivity index (χ4n) is 1.33. The highest BCUT2D eigenvalue weighted by atomic mass is 35.5. The molecule has 0 spiro atoms. The van der Waals surface area contributed by atoms with Crippen molar-refractivity contribution in [1.29, 1.82) is 0 Å². The van der Waals surface area contributed by atoms with Crippen molar-refractivity contribution in [1.82, 2.24) is 4.98 Å². The summed E-state index contributed by atoms with van der Waals surface area (Å²) in [5, 5.41) is 3.88. The van der Waals surface area contributed by atoms with Crippen molar-refractivity contribution in [2.24, 2.45) is 5.73 Å². The van der Waals surface area contributed by atoms with Crippen LogP contribution in [0.15, 0.2) is 23.6 Å². The molecule has 3 nitrogen and oxygen atoms in total. The topological polar surface area (TPSA) is 48.1 Å². The first-order valence-corrected chi connectivity index (χ1v) is 6.97. The Labute approximate surface area is 120 Å². The van der Waals surface area contributed by atoms with Crippen molar-refractivity contribution in [3.05, 3.63) is 44.3 Å². The summed E-state index contributed by atoms with van der Waals surface area (Å²) < 4.78 is 5.59. The first-order valence-electron chi connectivity index (χ1n) is 5.34. The van der Waals surface area contributed by atoms with Gasteiger partial charge < -0.3 is 10.5 Å². The number of nitrogens with zero attached hydrogens (tertiary/aromatic N) is 1. The molecule has 1 aromatic heterocycles. The van der Waals surface area contributed by atoms with E-state index < -0.39 is 0 Å². The van der Waals surface area contributed by atoms with Crippen molar-refractivity contribution in [3.63, 3.8) is 0 Å². The van der Waals surface area contributed by atoms with Crippen LogP contribution in [-0.4, -0.2) is 4.98 Å². The SMILES string of the molecule is CC(N)c1csc(COc2ccc(Cl)cc2Cl)n1. The van der Waals surface area contributed by atoms with E-state index in [0.717, 1.165) is 10.7 Å². The minimum Gasteiger partial charge on any atom is -0.485 e. The summed E-state index contributed by atoms with van der Waals surface area (Å²) in [4.78, 5) is 4.37. The Morgan fingerprint density at radius 2 is 2.22 bits per heavy atom. The van der Waals surface area contributed by atoms with Gasteiger partial charge in [-0.05, 0) is 25.1 Å². The zero-order valence-electron chi connectivity index (χ0n) is 9.69. The van der Waals surface area contributed by atoms with Gasteiger partial charge in [-0.15, -0.1) is 11.3 Å². The molecule has 0 saturated heterocycles. The number of rotatable bonds is 4. The summed E-state index contributed by atoms with van der Waals surface area (Å²) in [5.41, 5.74) is 6.62. The molecule has 0 saturated carbocycles. The molecule has 0 amide bonds. The van der Waals surface area contributed by atoms with Gasteiger partial charge in [0.1, 0.15) is 17.4 Å². The number of aromatic nitrogens is 1. The number of thiazole rings is 1. The van der Waals surface area contributed by atoms with Crippen LogP contribution >= 0.6 is 34.5 Å². The number of hydrogen-bond acceptors (Lipinski definition) is 4. The molecule has 0 bridgehead atoms. The molecule has 0 aliphatic rings. The maximum atomic E-state index is 6.00. The van der Waals surface area contributed by atoms with E-state index in [9.17, 15) is 0 Å². The molecule has 18 heavy (non-hydrogen) atoms. The standard InChI is InChI=1S/C12H12Cl2N2OS/c1-7(15)10-6-18-12(16-10)5-17-11-3-2-8(13)4-9(11)14/h2-4,6-7H,5,15H2,1H3. The Kier molecular flexibility index (Phi) is 4.45. The average Bonchev–Trinajstić information content (AvgIpc) is 2.76. The van der Waals surface area contributed by atoms with E-state index in [1.54, 1.807) is 18.2 Å². The van der Waals surface area contributed by atoms with Gasteiger partial charge in [-0.3, -0.25) is 0 Å². The van der Waals surface area contributed by atoms with E-state index in [2.05, 4.69) is 4.98 Å². The molecule has 1 aromatic carbocycles. The third-order valence-electron chi connectivity index (χ3n) is 2.28. The van der Waals surface area contributed by atoms with E-state index >= 15 is 0 Å². The van der Waals surface area contributed by atoms with E-state index in [4.69, 9.17) is 33.7 Å². The predicted molar refractivity (Wildman–Crippen MR) is 75.5 cm³/mol. The second-order valence-corrected chi connectivity index (χ2v) is 5.60. The Balaban J connectivity index is 2.02. The first kappa shape index (κ1) is 13.6. The average molecular weight is 303 g/mol. The molecule has 1 atom stereocenters. The molecule has 1 heterocycles. The van der Waals surface area contributed by atoms with E-state index in [0.29, 0.717) is 22.4 Å². The summed E-state index contributed by atoms with van der Waals surface area (Å²) in [6.07, 6.45) is 0. The summed E-state index contributed by atoms with van der Waals surface area (Å²) in [5.74, 6) is 0.596. The number of halogens is 2. The molecule has 2 rings (SSSR count). The van der Waals surface area contributed by atoms with Crippen LogP contribution in [-0.2, 0) is 6.61 Å². The third kappa shape index (κ3) is 3.36. The molecular weight excluding hydrogens is 291 g/mol. The second-order valence-electron chi connectivity index (χ2n) is 3.82. The molecule has 0 aliphatic carbocycles. The quantitative estimate of drug-likeness (QED) is 0.927. The van der Waals surface area contributed by atoms with Crippen LogP contribution in [0.4, 0.5) is 0 Å². The van der Waals surface area contributed by atoms with Gasteiger partial charge in [-0.1, -0.05) is 23.2 Å².